The molecule has 0 radical (unpaired) electrons. The first-order valence-corrected chi connectivity index (χ1v) is 13.7. The molecule has 208 valence electrons. The lowest BCUT2D eigenvalue weighted by atomic mass is 10.0. The summed E-state index contributed by atoms with van der Waals surface area (Å²) in [6.07, 6.45) is 0. The quantitative estimate of drug-likeness (QED) is 0.151. The summed E-state index contributed by atoms with van der Waals surface area (Å²) in [5.74, 6) is -2.56. The van der Waals surface area contributed by atoms with E-state index in [4.69, 9.17) is 2.74 Å². The summed E-state index contributed by atoms with van der Waals surface area (Å²) in [7, 11) is -12.9. The van der Waals surface area contributed by atoms with Gasteiger partial charge in [0.1, 0.15) is 0 Å². The first kappa shape index (κ1) is 25.0. The van der Waals surface area contributed by atoms with Gasteiger partial charge in [0.25, 0.3) is 0 Å². The second-order valence-electron chi connectivity index (χ2n) is 8.25. The number of benzene rings is 4. The molecule has 0 heterocycles. The van der Waals surface area contributed by atoms with E-state index in [0.29, 0.717) is 10.4 Å². The predicted octanol–water partition coefficient (Wildman–Crippen LogP) is 5.60. The zero-order valence-corrected chi connectivity index (χ0v) is 21.1. The molecule has 4 aromatic rings. The molecule has 0 saturated heterocycles. The van der Waals surface area contributed by atoms with Gasteiger partial charge >= 0.3 is 31.3 Å². The van der Waals surface area contributed by atoms with Crippen LogP contribution in [0, 0.1) is 41.7 Å². The molecule has 0 amide bonds. The number of hydrogen-bond acceptors (Lipinski definition) is 6. The van der Waals surface area contributed by atoms with Crippen LogP contribution < -0.4 is 8.37 Å². The van der Waals surface area contributed by atoms with E-state index in [0.717, 1.165) is 12.1 Å². The standard InChI is InChI=1S/C26H14F6O6S2/c27-25(28,29)39(33,34)37-21-13-5-11-19-17-9-3-1-7-15(17)16-8-2-4-10-18(16)20-12-6-14-22(24(20)23(19)21)38-40(35,36)26(30,31)32/h1-14H/b16-15-,19-17-,20-18-,24-23-/i13D,14D. The third-order valence-electron chi connectivity index (χ3n) is 5.85. The first-order valence-electron chi connectivity index (χ1n) is 11.9. The third-order valence-corrected chi connectivity index (χ3v) is 7.76. The van der Waals surface area contributed by atoms with Crippen LogP contribution in [0.3, 0.4) is 0 Å². The minimum atomic E-state index is -6.46. The zero-order valence-electron chi connectivity index (χ0n) is 21.5. The molecule has 5 rings (SSSR count). The van der Waals surface area contributed by atoms with Crippen LogP contribution in [-0.2, 0) is 20.2 Å². The molecule has 0 bridgehead atoms. The van der Waals surface area contributed by atoms with E-state index in [1.54, 1.807) is 24.3 Å². The Morgan fingerprint density at radius 2 is 0.775 bits per heavy atom. The van der Waals surface area contributed by atoms with Gasteiger partial charge in [-0.15, -0.1) is 0 Å². The van der Waals surface area contributed by atoms with Gasteiger partial charge < -0.3 is 8.37 Å². The van der Waals surface area contributed by atoms with Crippen molar-refractivity contribution in [3.8, 4) is 11.5 Å². The van der Waals surface area contributed by atoms with E-state index in [1.165, 1.54) is 36.4 Å². The van der Waals surface area contributed by atoms with Crippen molar-refractivity contribution < 1.29 is 54.3 Å². The lowest BCUT2D eigenvalue weighted by Gasteiger charge is -2.13. The average molecular weight is 603 g/mol. The first-order chi connectivity index (χ1) is 19.4. The minimum absolute atomic E-state index is 0.149. The highest BCUT2D eigenvalue weighted by Crippen LogP contribution is 2.32. The summed E-state index contributed by atoms with van der Waals surface area (Å²) in [6, 6.07) is 14.7. The van der Waals surface area contributed by atoms with Crippen molar-refractivity contribution in [1.29, 1.82) is 0 Å². The molecule has 4 aromatic carbocycles. The molecule has 0 atom stereocenters. The lowest BCUT2D eigenvalue weighted by molar-refractivity contribution is -0.0505. The van der Waals surface area contributed by atoms with Crippen molar-refractivity contribution in [3.05, 3.63) is 127 Å². The molecule has 0 aromatic heterocycles. The maximum atomic E-state index is 13.4. The van der Waals surface area contributed by atoms with Gasteiger partial charge in [0.15, 0.2) is 11.5 Å². The van der Waals surface area contributed by atoms with Crippen LogP contribution in [0.25, 0.3) is 0 Å². The van der Waals surface area contributed by atoms with Crippen LogP contribution in [-0.4, -0.2) is 27.9 Å². The minimum Gasteiger partial charge on any atom is -0.375 e. The monoisotopic (exact) mass is 602 g/mol. The second kappa shape index (κ2) is 9.27. The highest BCUT2D eigenvalue weighted by Gasteiger charge is 2.49. The smallest absolute Gasteiger partial charge is 0.375 e. The number of fused-ring (bicyclic) bond motifs is 4. The Hall–Kier alpha value is -4.04. The number of alkyl halides is 6. The molecule has 0 unspecified atom stereocenters. The topological polar surface area (TPSA) is 86.7 Å². The molecule has 0 fully saturated rings. The predicted molar refractivity (Wildman–Crippen MR) is 128 cm³/mol. The Labute approximate surface area is 223 Å². The molecule has 0 spiro atoms. The number of halogens is 6. The van der Waals surface area contributed by atoms with Crippen molar-refractivity contribution in [1.82, 2.24) is 0 Å². The third kappa shape index (κ3) is 4.56. The SMILES string of the molecule is [2H]c1ccc2/c(c1OS(=O)(=O)C(F)(F)F)=c1/c(OS(=O)(=O)C(F)(F)F)c([2H])cc/c1=c1\cccc\c1=c1/cccc/c1=2. The van der Waals surface area contributed by atoms with E-state index in [2.05, 4.69) is 8.37 Å². The van der Waals surface area contributed by atoms with Crippen molar-refractivity contribution in [2.45, 2.75) is 11.0 Å². The van der Waals surface area contributed by atoms with Crippen molar-refractivity contribution in [2.75, 3.05) is 0 Å². The fourth-order valence-corrected chi connectivity index (χ4v) is 5.14. The lowest BCUT2D eigenvalue weighted by Crippen LogP contribution is -2.28. The van der Waals surface area contributed by atoms with Crippen LogP contribution in [0.5, 0.6) is 11.5 Å². The van der Waals surface area contributed by atoms with Gasteiger partial charge in [-0.3, -0.25) is 0 Å². The fourth-order valence-electron chi connectivity index (χ4n) is 4.25. The highest BCUT2D eigenvalue weighted by atomic mass is 32.2. The summed E-state index contributed by atoms with van der Waals surface area (Å²) in [5, 5.41) is -0.415. The van der Waals surface area contributed by atoms with Gasteiger partial charge in [-0.25, -0.2) is 0 Å². The van der Waals surface area contributed by atoms with Gasteiger partial charge in [0, 0.05) is 10.4 Å². The Morgan fingerprint density at radius 3 is 1.07 bits per heavy atom. The van der Waals surface area contributed by atoms with Crippen LogP contribution in [0.2, 0.25) is 0 Å². The molecular formula is C26H14F6O6S2. The summed E-state index contributed by atoms with van der Waals surface area (Å²) < 4.78 is 154. The molecule has 0 saturated carbocycles. The Kier molecular flexibility index (Phi) is 5.78. The Balaban J connectivity index is 2.27. The summed E-state index contributed by atoms with van der Waals surface area (Å²) >= 11 is 0. The van der Waals surface area contributed by atoms with Crippen molar-refractivity contribution >= 4 is 20.2 Å². The normalized spacial score (nSPS) is 17.4. The molecule has 14 heteroatoms. The van der Waals surface area contributed by atoms with E-state index in [1.807, 2.05) is 0 Å². The van der Waals surface area contributed by atoms with E-state index < -0.39 is 65.3 Å². The molecule has 1 aliphatic carbocycles. The zero-order chi connectivity index (χ0) is 30.8. The highest BCUT2D eigenvalue weighted by molar-refractivity contribution is 7.88. The molecule has 0 N–H and O–H groups in total. The van der Waals surface area contributed by atoms with E-state index in [-0.39, 0.29) is 20.9 Å². The largest absolute Gasteiger partial charge is 0.534 e. The summed E-state index contributed by atoms with van der Waals surface area (Å²) in [6.45, 7) is 0. The van der Waals surface area contributed by atoms with Gasteiger partial charge in [0.2, 0.25) is 0 Å². The van der Waals surface area contributed by atoms with Crippen molar-refractivity contribution in [2.24, 2.45) is 0 Å². The molecule has 1 aliphatic rings. The molecule has 0 aliphatic heterocycles. The van der Waals surface area contributed by atoms with Gasteiger partial charge in [-0.2, -0.15) is 43.2 Å². The Morgan fingerprint density at radius 1 is 0.500 bits per heavy atom. The Bertz CT molecular complexity index is 2230. The molecule has 6 nitrogen and oxygen atoms in total. The van der Waals surface area contributed by atoms with Crippen LogP contribution >= 0.6 is 0 Å². The maximum Gasteiger partial charge on any atom is 0.534 e. The van der Waals surface area contributed by atoms with E-state index in [9.17, 15) is 43.2 Å². The van der Waals surface area contributed by atoms with Gasteiger partial charge in [0.05, 0.1) is 2.74 Å². The van der Waals surface area contributed by atoms with Crippen molar-refractivity contribution in [3.63, 3.8) is 0 Å². The maximum absolute atomic E-state index is 13.4. The van der Waals surface area contributed by atoms with Crippen LogP contribution in [0.1, 0.15) is 2.74 Å². The molecule has 40 heavy (non-hydrogen) atoms. The average Bonchev–Trinajstić information content (AvgIpc) is 2.89. The number of rotatable bonds is 4. The number of hydrogen-bond donors (Lipinski definition) is 0. The second-order valence-corrected chi connectivity index (χ2v) is 11.3. The van der Waals surface area contributed by atoms with E-state index >= 15 is 0 Å². The molecular weight excluding hydrogens is 586 g/mol. The van der Waals surface area contributed by atoms with Crippen LogP contribution in [0.4, 0.5) is 26.3 Å². The summed E-state index contributed by atoms with van der Waals surface area (Å²) in [5.41, 5.74) is -12.0. The summed E-state index contributed by atoms with van der Waals surface area (Å²) in [4.78, 5) is 0. The van der Waals surface area contributed by atoms with Crippen LogP contribution in [0.15, 0.2) is 84.9 Å². The fraction of sp³-hybridized carbons (Fsp3) is 0.0769. The van der Waals surface area contributed by atoms with Gasteiger partial charge in [-0.1, -0.05) is 72.8 Å². The van der Waals surface area contributed by atoms with Gasteiger partial charge in [-0.05, 0) is 43.4 Å².